The molecule has 3 N–H and O–H groups in total. The van der Waals surface area contributed by atoms with Crippen molar-refractivity contribution in [3.05, 3.63) is 54.1 Å². The Kier molecular flexibility index (Phi) is 4.44. The van der Waals surface area contributed by atoms with Gasteiger partial charge in [0.1, 0.15) is 11.5 Å². The lowest BCUT2D eigenvalue weighted by atomic mass is 10.2. The van der Waals surface area contributed by atoms with E-state index in [0.717, 1.165) is 11.3 Å². The maximum absolute atomic E-state index is 11.7. The van der Waals surface area contributed by atoms with E-state index in [-0.39, 0.29) is 11.8 Å². The second-order valence-electron chi connectivity index (χ2n) is 4.21. The first-order valence-electron chi connectivity index (χ1n) is 6.14. The van der Waals surface area contributed by atoms with Crippen LogP contribution < -0.4 is 15.4 Å². The lowest BCUT2D eigenvalue weighted by Crippen LogP contribution is -2.28. The standard InChI is InChI=1S/C15H16N2O3/c1-20-14-7-5-12(6-8-14)17-15(19)16-10-11-3-2-4-13(18)9-11/h2-9,18H,10H2,1H3,(H2,16,17,19). The smallest absolute Gasteiger partial charge is 0.319 e. The number of ether oxygens (including phenoxy) is 1. The van der Waals surface area contributed by atoms with Crippen molar-refractivity contribution >= 4 is 11.7 Å². The molecule has 2 aromatic rings. The summed E-state index contributed by atoms with van der Waals surface area (Å²) in [6.07, 6.45) is 0. The Morgan fingerprint density at radius 2 is 1.95 bits per heavy atom. The molecule has 0 saturated carbocycles. The molecule has 5 heteroatoms. The number of phenols is 1. The summed E-state index contributed by atoms with van der Waals surface area (Å²) in [6, 6.07) is 13.5. The SMILES string of the molecule is COc1ccc(NC(=O)NCc2cccc(O)c2)cc1. The number of methoxy groups -OCH3 is 1. The molecule has 0 fully saturated rings. The Hall–Kier alpha value is -2.69. The van der Waals surface area contributed by atoms with Gasteiger partial charge in [-0.15, -0.1) is 0 Å². The number of carbonyl (C=O) groups is 1. The number of phenolic OH excluding ortho intramolecular Hbond substituents is 1. The highest BCUT2D eigenvalue weighted by atomic mass is 16.5. The summed E-state index contributed by atoms with van der Waals surface area (Å²) >= 11 is 0. The molecular formula is C15H16N2O3. The number of rotatable bonds is 4. The fraction of sp³-hybridized carbons (Fsp3) is 0.133. The molecule has 2 aromatic carbocycles. The van der Waals surface area contributed by atoms with Gasteiger partial charge in [0.05, 0.1) is 7.11 Å². The van der Waals surface area contributed by atoms with Crippen LogP contribution in [0, 0.1) is 0 Å². The van der Waals surface area contributed by atoms with Crippen molar-refractivity contribution in [3.8, 4) is 11.5 Å². The van der Waals surface area contributed by atoms with Gasteiger partial charge in [-0.2, -0.15) is 0 Å². The van der Waals surface area contributed by atoms with Gasteiger partial charge in [0.15, 0.2) is 0 Å². The first-order chi connectivity index (χ1) is 9.67. The van der Waals surface area contributed by atoms with Crippen LogP contribution in [-0.2, 0) is 6.54 Å². The van der Waals surface area contributed by atoms with Gasteiger partial charge in [0.2, 0.25) is 0 Å². The quantitative estimate of drug-likeness (QED) is 0.801. The van der Waals surface area contributed by atoms with Gasteiger partial charge < -0.3 is 20.5 Å². The van der Waals surface area contributed by atoms with Crippen molar-refractivity contribution in [2.24, 2.45) is 0 Å². The maximum Gasteiger partial charge on any atom is 0.319 e. The van der Waals surface area contributed by atoms with Gasteiger partial charge in [0, 0.05) is 12.2 Å². The molecular weight excluding hydrogens is 256 g/mol. The average molecular weight is 272 g/mol. The van der Waals surface area contributed by atoms with Crippen LogP contribution in [0.15, 0.2) is 48.5 Å². The molecule has 0 radical (unpaired) electrons. The highest BCUT2D eigenvalue weighted by Gasteiger charge is 2.02. The van der Waals surface area contributed by atoms with Crippen molar-refractivity contribution in [1.29, 1.82) is 0 Å². The van der Waals surface area contributed by atoms with Gasteiger partial charge in [-0.3, -0.25) is 0 Å². The van der Waals surface area contributed by atoms with Crippen LogP contribution in [0.25, 0.3) is 0 Å². The van der Waals surface area contributed by atoms with Gasteiger partial charge in [-0.25, -0.2) is 4.79 Å². The first kappa shape index (κ1) is 13.7. The molecule has 0 aliphatic heterocycles. The second kappa shape index (κ2) is 6.47. The molecule has 20 heavy (non-hydrogen) atoms. The second-order valence-corrected chi connectivity index (χ2v) is 4.21. The highest BCUT2D eigenvalue weighted by molar-refractivity contribution is 5.89. The minimum Gasteiger partial charge on any atom is -0.508 e. The Labute approximate surface area is 117 Å². The fourth-order valence-corrected chi connectivity index (χ4v) is 1.70. The predicted molar refractivity (Wildman–Crippen MR) is 77.0 cm³/mol. The van der Waals surface area contributed by atoms with Crippen LogP contribution in [0.4, 0.5) is 10.5 Å². The molecule has 0 bridgehead atoms. The van der Waals surface area contributed by atoms with E-state index in [1.54, 1.807) is 49.6 Å². The molecule has 0 aromatic heterocycles. The molecule has 0 saturated heterocycles. The van der Waals surface area contributed by atoms with Gasteiger partial charge in [-0.05, 0) is 42.0 Å². The number of aromatic hydroxyl groups is 1. The number of hydrogen-bond acceptors (Lipinski definition) is 3. The Morgan fingerprint density at radius 1 is 1.20 bits per heavy atom. The summed E-state index contributed by atoms with van der Waals surface area (Å²) in [7, 11) is 1.59. The van der Waals surface area contributed by atoms with Gasteiger partial charge >= 0.3 is 6.03 Å². The largest absolute Gasteiger partial charge is 0.508 e. The Balaban J connectivity index is 1.85. The number of carbonyl (C=O) groups excluding carboxylic acids is 1. The molecule has 0 aliphatic rings. The normalized spacial score (nSPS) is 9.85. The molecule has 0 atom stereocenters. The third-order valence-corrected chi connectivity index (χ3v) is 2.71. The van der Waals surface area contributed by atoms with E-state index in [4.69, 9.17) is 4.74 Å². The average Bonchev–Trinajstić information content (AvgIpc) is 2.46. The first-order valence-corrected chi connectivity index (χ1v) is 6.14. The summed E-state index contributed by atoms with van der Waals surface area (Å²) in [6.45, 7) is 0.344. The molecule has 5 nitrogen and oxygen atoms in total. The van der Waals surface area contributed by atoms with Crippen molar-refractivity contribution < 1.29 is 14.6 Å². The Morgan fingerprint density at radius 3 is 2.60 bits per heavy atom. The van der Waals surface area contributed by atoms with Crippen LogP contribution in [0.5, 0.6) is 11.5 Å². The molecule has 0 unspecified atom stereocenters. The minimum absolute atomic E-state index is 0.180. The third-order valence-electron chi connectivity index (χ3n) is 2.71. The number of anilines is 1. The van der Waals surface area contributed by atoms with Crippen LogP contribution in [0.3, 0.4) is 0 Å². The van der Waals surface area contributed by atoms with Crippen LogP contribution in [0.1, 0.15) is 5.56 Å². The number of amides is 2. The van der Waals surface area contributed by atoms with E-state index in [0.29, 0.717) is 12.2 Å². The summed E-state index contributed by atoms with van der Waals surface area (Å²) in [4.78, 5) is 11.7. The predicted octanol–water partition coefficient (Wildman–Crippen LogP) is 2.72. The van der Waals surface area contributed by atoms with Gasteiger partial charge in [0.25, 0.3) is 0 Å². The highest BCUT2D eigenvalue weighted by Crippen LogP contribution is 2.15. The number of nitrogens with one attached hydrogen (secondary N) is 2. The summed E-state index contributed by atoms with van der Waals surface area (Å²) in [5, 5.41) is 14.7. The monoisotopic (exact) mass is 272 g/mol. The molecule has 2 amide bonds. The fourth-order valence-electron chi connectivity index (χ4n) is 1.70. The van der Waals surface area contributed by atoms with E-state index in [1.807, 2.05) is 6.07 Å². The third kappa shape index (κ3) is 3.91. The molecule has 2 rings (SSSR count). The minimum atomic E-state index is -0.307. The zero-order chi connectivity index (χ0) is 14.4. The number of hydrogen-bond donors (Lipinski definition) is 3. The van der Waals surface area contributed by atoms with E-state index in [1.165, 1.54) is 0 Å². The summed E-state index contributed by atoms with van der Waals surface area (Å²) < 4.78 is 5.04. The Bertz CT molecular complexity index is 582. The van der Waals surface area contributed by atoms with Crippen LogP contribution in [-0.4, -0.2) is 18.2 Å². The van der Waals surface area contributed by atoms with Crippen molar-refractivity contribution in [1.82, 2.24) is 5.32 Å². The van der Waals surface area contributed by atoms with E-state index in [9.17, 15) is 9.90 Å². The van der Waals surface area contributed by atoms with E-state index < -0.39 is 0 Å². The van der Waals surface area contributed by atoms with Crippen LogP contribution >= 0.6 is 0 Å². The van der Waals surface area contributed by atoms with Crippen molar-refractivity contribution in [2.75, 3.05) is 12.4 Å². The summed E-state index contributed by atoms with van der Waals surface area (Å²) in [5.41, 5.74) is 1.51. The number of benzene rings is 2. The van der Waals surface area contributed by atoms with E-state index >= 15 is 0 Å². The van der Waals surface area contributed by atoms with Crippen molar-refractivity contribution in [2.45, 2.75) is 6.54 Å². The molecule has 0 spiro atoms. The maximum atomic E-state index is 11.7. The van der Waals surface area contributed by atoms with E-state index in [2.05, 4.69) is 10.6 Å². The lowest BCUT2D eigenvalue weighted by Gasteiger charge is -2.08. The topological polar surface area (TPSA) is 70.6 Å². The molecule has 0 aliphatic carbocycles. The lowest BCUT2D eigenvalue weighted by molar-refractivity contribution is 0.251. The van der Waals surface area contributed by atoms with Gasteiger partial charge in [-0.1, -0.05) is 12.1 Å². The zero-order valence-corrected chi connectivity index (χ0v) is 11.1. The van der Waals surface area contributed by atoms with Crippen molar-refractivity contribution in [3.63, 3.8) is 0 Å². The zero-order valence-electron chi connectivity index (χ0n) is 11.1. The molecule has 104 valence electrons. The summed E-state index contributed by atoms with van der Waals surface area (Å²) in [5.74, 6) is 0.913. The van der Waals surface area contributed by atoms with Crippen LogP contribution in [0.2, 0.25) is 0 Å². The molecule has 0 heterocycles. The number of urea groups is 1.